The Morgan fingerprint density at radius 2 is 1.75 bits per heavy atom. The molecular formula is C22H28ClNO4. The molecule has 0 bridgehead atoms. The number of carbonyl (C=O) groups is 1. The highest BCUT2D eigenvalue weighted by Crippen LogP contribution is 2.31. The molecule has 28 heavy (non-hydrogen) atoms. The molecule has 0 unspecified atom stereocenters. The van der Waals surface area contributed by atoms with Crippen LogP contribution in [0.3, 0.4) is 0 Å². The maximum atomic E-state index is 12.7. The van der Waals surface area contributed by atoms with E-state index in [1.165, 1.54) is 0 Å². The standard InChI is InChI=1S/C22H28ClNO4/c1-5-19(28-18-10-8-9-17(23)14-18)22(25)24-15(4)16-11-12-20(26-6-2)21(13-16)27-7-3/h8-15,19H,5-7H2,1-4H3,(H,24,25)/t15-,19-/m1/s1. The lowest BCUT2D eigenvalue weighted by atomic mass is 10.1. The highest BCUT2D eigenvalue weighted by molar-refractivity contribution is 6.30. The Balaban J connectivity index is 2.08. The van der Waals surface area contributed by atoms with Crippen molar-refractivity contribution < 1.29 is 19.0 Å². The lowest BCUT2D eigenvalue weighted by Crippen LogP contribution is -2.39. The van der Waals surface area contributed by atoms with Crippen molar-refractivity contribution in [2.24, 2.45) is 0 Å². The highest BCUT2D eigenvalue weighted by Gasteiger charge is 2.21. The van der Waals surface area contributed by atoms with Gasteiger partial charge in [0, 0.05) is 5.02 Å². The molecule has 2 aromatic rings. The molecule has 0 aliphatic rings. The van der Waals surface area contributed by atoms with Crippen LogP contribution < -0.4 is 19.5 Å². The Morgan fingerprint density at radius 1 is 1.04 bits per heavy atom. The maximum Gasteiger partial charge on any atom is 0.261 e. The van der Waals surface area contributed by atoms with Crippen LogP contribution in [0.1, 0.15) is 45.7 Å². The maximum absolute atomic E-state index is 12.7. The van der Waals surface area contributed by atoms with Gasteiger partial charge in [0.1, 0.15) is 5.75 Å². The first-order valence-electron chi connectivity index (χ1n) is 9.60. The van der Waals surface area contributed by atoms with Gasteiger partial charge in [0.05, 0.1) is 19.3 Å². The zero-order valence-electron chi connectivity index (χ0n) is 16.8. The number of amides is 1. The molecule has 0 saturated carbocycles. The lowest BCUT2D eigenvalue weighted by molar-refractivity contribution is -0.128. The van der Waals surface area contributed by atoms with Crippen LogP contribution in [-0.4, -0.2) is 25.2 Å². The van der Waals surface area contributed by atoms with E-state index in [1.807, 2.05) is 45.9 Å². The van der Waals surface area contributed by atoms with Crippen molar-refractivity contribution in [3.63, 3.8) is 0 Å². The molecular weight excluding hydrogens is 378 g/mol. The van der Waals surface area contributed by atoms with E-state index < -0.39 is 6.10 Å². The largest absolute Gasteiger partial charge is 0.490 e. The Labute approximate surface area is 171 Å². The Kier molecular flexibility index (Phi) is 8.45. The van der Waals surface area contributed by atoms with E-state index in [4.69, 9.17) is 25.8 Å². The molecule has 0 aliphatic carbocycles. The average Bonchev–Trinajstić information content (AvgIpc) is 2.67. The number of benzene rings is 2. The number of rotatable bonds is 10. The minimum atomic E-state index is -0.602. The second kappa shape index (κ2) is 10.8. The normalized spacial score (nSPS) is 12.8. The van der Waals surface area contributed by atoms with Crippen LogP contribution >= 0.6 is 11.6 Å². The van der Waals surface area contributed by atoms with E-state index >= 15 is 0 Å². The Morgan fingerprint density at radius 3 is 2.39 bits per heavy atom. The van der Waals surface area contributed by atoms with Gasteiger partial charge in [0.25, 0.3) is 5.91 Å². The van der Waals surface area contributed by atoms with Crippen LogP contribution in [0.25, 0.3) is 0 Å². The van der Waals surface area contributed by atoms with E-state index in [-0.39, 0.29) is 11.9 Å². The van der Waals surface area contributed by atoms with Gasteiger partial charge < -0.3 is 19.5 Å². The molecule has 0 saturated heterocycles. The number of halogens is 1. The summed E-state index contributed by atoms with van der Waals surface area (Å²) in [4.78, 5) is 12.7. The van der Waals surface area contributed by atoms with Gasteiger partial charge in [-0.2, -0.15) is 0 Å². The minimum Gasteiger partial charge on any atom is -0.490 e. The summed E-state index contributed by atoms with van der Waals surface area (Å²) in [5, 5.41) is 3.58. The summed E-state index contributed by atoms with van der Waals surface area (Å²) < 4.78 is 17.1. The number of ether oxygens (including phenoxy) is 3. The van der Waals surface area contributed by atoms with Crippen molar-refractivity contribution in [1.82, 2.24) is 5.32 Å². The second-order valence-corrected chi connectivity index (χ2v) is 6.71. The van der Waals surface area contributed by atoms with Crippen molar-refractivity contribution in [3.8, 4) is 17.2 Å². The van der Waals surface area contributed by atoms with Gasteiger partial charge >= 0.3 is 0 Å². The third kappa shape index (κ3) is 6.06. The molecule has 0 aliphatic heterocycles. The van der Waals surface area contributed by atoms with Gasteiger partial charge in [-0.05, 0) is 63.1 Å². The van der Waals surface area contributed by atoms with Crippen molar-refractivity contribution in [1.29, 1.82) is 0 Å². The van der Waals surface area contributed by atoms with E-state index in [2.05, 4.69) is 5.32 Å². The average molecular weight is 406 g/mol. The van der Waals surface area contributed by atoms with E-state index in [1.54, 1.807) is 24.3 Å². The van der Waals surface area contributed by atoms with E-state index in [0.717, 1.165) is 5.56 Å². The molecule has 152 valence electrons. The Hall–Kier alpha value is -2.40. The van der Waals surface area contributed by atoms with Crippen molar-refractivity contribution in [2.75, 3.05) is 13.2 Å². The lowest BCUT2D eigenvalue weighted by Gasteiger charge is -2.21. The SMILES string of the molecule is CCOc1ccc([C@@H](C)NC(=O)[C@@H](CC)Oc2cccc(Cl)c2)cc1OCC. The molecule has 0 radical (unpaired) electrons. The zero-order valence-corrected chi connectivity index (χ0v) is 17.6. The number of hydrogen-bond donors (Lipinski definition) is 1. The number of nitrogens with one attached hydrogen (secondary N) is 1. The molecule has 0 aromatic heterocycles. The third-order valence-corrected chi connectivity index (χ3v) is 4.40. The summed E-state index contributed by atoms with van der Waals surface area (Å²) in [7, 11) is 0. The third-order valence-electron chi connectivity index (χ3n) is 4.16. The molecule has 0 spiro atoms. The van der Waals surface area contributed by atoms with Gasteiger partial charge in [-0.3, -0.25) is 4.79 Å². The summed E-state index contributed by atoms with van der Waals surface area (Å²) in [6.45, 7) is 8.78. The zero-order chi connectivity index (χ0) is 20.5. The predicted octanol–water partition coefficient (Wildman–Crippen LogP) is 5.17. The van der Waals surface area contributed by atoms with Crippen molar-refractivity contribution in [2.45, 2.75) is 46.3 Å². The van der Waals surface area contributed by atoms with Gasteiger partial charge in [-0.1, -0.05) is 30.7 Å². The fraction of sp³-hybridized carbons (Fsp3) is 0.409. The summed E-state index contributed by atoms with van der Waals surface area (Å²) in [6.07, 6.45) is -0.0617. The molecule has 0 heterocycles. The van der Waals surface area contributed by atoms with Gasteiger partial charge in [0.15, 0.2) is 17.6 Å². The van der Waals surface area contributed by atoms with Crippen LogP contribution in [0.5, 0.6) is 17.2 Å². The summed E-state index contributed by atoms with van der Waals surface area (Å²) in [6, 6.07) is 12.5. The predicted molar refractivity (Wildman–Crippen MR) is 111 cm³/mol. The first-order chi connectivity index (χ1) is 13.5. The highest BCUT2D eigenvalue weighted by atomic mass is 35.5. The second-order valence-electron chi connectivity index (χ2n) is 6.27. The minimum absolute atomic E-state index is 0.179. The summed E-state index contributed by atoms with van der Waals surface area (Å²) in [5.74, 6) is 1.76. The molecule has 0 fully saturated rings. The monoisotopic (exact) mass is 405 g/mol. The van der Waals surface area contributed by atoms with E-state index in [0.29, 0.717) is 41.9 Å². The molecule has 5 nitrogen and oxygen atoms in total. The molecule has 1 N–H and O–H groups in total. The fourth-order valence-electron chi connectivity index (χ4n) is 2.75. The van der Waals surface area contributed by atoms with E-state index in [9.17, 15) is 4.79 Å². The molecule has 1 amide bonds. The summed E-state index contributed by atoms with van der Waals surface area (Å²) in [5.41, 5.74) is 0.929. The van der Waals surface area contributed by atoms with Crippen molar-refractivity contribution >= 4 is 17.5 Å². The molecule has 2 atom stereocenters. The first kappa shape index (κ1) is 21.9. The smallest absolute Gasteiger partial charge is 0.261 e. The quantitative estimate of drug-likeness (QED) is 0.592. The van der Waals surface area contributed by atoms with Gasteiger partial charge in [-0.15, -0.1) is 0 Å². The fourth-order valence-corrected chi connectivity index (χ4v) is 2.93. The van der Waals surface area contributed by atoms with Crippen LogP contribution in [-0.2, 0) is 4.79 Å². The topological polar surface area (TPSA) is 56.8 Å². The summed E-state index contributed by atoms with van der Waals surface area (Å²) >= 11 is 5.99. The molecule has 2 rings (SSSR count). The number of carbonyl (C=O) groups excluding carboxylic acids is 1. The van der Waals surface area contributed by atoms with Crippen molar-refractivity contribution in [3.05, 3.63) is 53.1 Å². The van der Waals surface area contributed by atoms with Crippen LogP contribution in [0.4, 0.5) is 0 Å². The number of hydrogen-bond acceptors (Lipinski definition) is 4. The first-order valence-corrected chi connectivity index (χ1v) is 9.98. The van der Waals surface area contributed by atoms with Crippen LogP contribution in [0.2, 0.25) is 5.02 Å². The van der Waals surface area contributed by atoms with Gasteiger partial charge in [-0.25, -0.2) is 0 Å². The van der Waals surface area contributed by atoms with Crippen LogP contribution in [0.15, 0.2) is 42.5 Å². The van der Waals surface area contributed by atoms with Gasteiger partial charge in [0.2, 0.25) is 0 Å². The Bertz CT molecular complexity index is 781. The molecule has 6 heteroatoms. The molecule has 2 aromatic carbocycles. The van der Waals surface area contributed by atoms with Crippen LogP contribution in [0, 0.1) is 0 Å².